The molecule has 3 fully saturated rings. The zero-order chi connectivity index (χ0) is 17.5. The van der Waals surface area contributed by atoms with Crippen LogP contribution in [-0.2, 0) is 9.53 Å². The summed E-state index contributed by atoms with van der Waals surface area (Å²) >= 11 is 0. The first kappa shape index (κ1) is 19.2. The van der Waals surface area contributed by atoms with E-state index in [1.807, 2.05) is 0 Å². The number of likely N-dealkylation sites (tertiary alicyclic amines) is 1. The molecule has 0 aromatic carbocycles. The highest BCUT2D eigenvalue weighted by molar-refractivity contribution is 5.78. The Kier molecular flexibility index (Phi) is 7.60. The summed E-state index contributed by atoms with van der Waals surface area (Å²) in [6.07, 6.45) is 16.0. The van der Waals surface area contributed by atoms with Gasteiger partial charge in [0, 0.05) is 25.7 Å². The van der Waals surface area contributed by atoms with Crippen LogP contribution in [-0.4, -0.2) is 60.1 Å². The minimum Gasteiger partial charge on any atom is -0.375 e. The average Bonchev–Trinajstić information content (AvgIpc) is 2.66. The molecule has 1 aliphatic heterocycles. The first-order valence-corrected chi connectivity index (χ1v) is 10.9. The monoisotopic (exact) mass is 350 g/mol. The second-order valence-electron chi connectivity index (χ2n) is 8.34. The van der Waals surface area contributed by atoms with Crippen molar-refractivity contribution in [1.82, 2.24) is 9.80 Å². The first-order chi connectivity index (χ1) is 12.3. The SMILES string of the molecule is CCN(C(=O)CN1CCC(OC2CCCCC2)CC1)C1CCCCC1. The maximum atomic E-state index is 12.8. The van der Waals surface area contributed by atoms with E-state index in [0.29, 0.717) is 30.7 Å². The standard InChI is InChI=1S/C21H38N2O2/c1-2-23(18-9-5-3-6-10-18)21(24)17-22-15-13-20(14-16-22)25-19-11-7-4-8-12-19/h18-20H,2-17H2,1H3. The largest absolute Gasteiger partial charge is 0.375 e. The summed E-state index contributed by atoms with van der Waals surface area (Å²) in [6, 6.07) is 0.499. The minimum absolute atomic E-state index is 0.348. The zero-order valence-corrected chi connectivity index (χ0v) is 16.3. The number of carbonyl (C=O) groups excluding carboxylic acids is 1. The fourth-order valence-corrected chi connectivity index (χ4v) is 4.99. The van der Waals surface area contributed by atoms with Gasteiger partial charge in [0.25, 0.3) is 0 Å². The molecule has 4 nitrogen and oxygen atoms in total. The van der Waals surface area contributed by atoms with Crippen molar-refractivity contribution in [1.29, 1.82) is 0 Å². The Hall–Kier alpha value is -0.610. The van der Waals surface area contributed by atoms with E-state index in [4.69, 9.17) is 4.74 Å². The Morgan fingerprint density at radius 2 is 1.44 bits per heavy atom. The van der Waals surface area contributed by atoms with Crippen LogP contribution in [0.15, 0.2) is 0 Å². The van der Waals surface area contributed by atoms with Crippen LogP contribution in [0, 0.1) is 0 Å². The summed E-state index contributed by atoms with van der Waals surface area (Å²) in [4.78, 5) is 17.3. The Bertz CT molecular complexity index is 395. The summed E-state index contributed by atoms with van der Waals surface area (Å²) in [5.41, 5.74) is 0. The van der Waals surface area contributed by atoms with Gasteiger partial charge < -0.3 is 9.64 Å². The van der Waals surface area contributed by atoms with Gasteiger partial charge in [0.05, 0.1) is 18.8 Å². The van der Waals surface area contributed by atoms with Gasteiger partial charge >= 0.3 is 0 Å². The van der Waals surface area contributed by atoms with Crippen molar-refractivity contribution < 1.29 is 9.53 Å². The Labute approximate surface area is 154 Å². The number of carbonyl (C=O) groups is 1. The summed E-state index contributed by atoms with van der Waals surface area (Å²) < 4.78 is 6.33. The predicted octanol–water partition coefficient (Wildman–Crippen LogP) is 3.98. The molecule has 0 N–H and O–H groups in total. The molecular weight excluding hydrogens is 312 g/mol. The topological polar surface area (TPSA) is 32.8 Å². The number of piperidine rings is 1. The number of hydrogen-bond donors (Lipinski definition) is 0. The first-order valence-electron chi connectivity index (χ1n) is 10.9. The quantitative estimate of drug-likeness (QED) is 0.726. The number of rotatable bonds is 6. The van der Waals surface area contributed by atoms with E-state index in [2.05, 4.69) is 16.7 Å². The van der Waals surface area contributed by atoms with Crippen molar-refractivity contribution in [2.45, 2.75) is 102 Å². The molecule has 0 atom stereocenters. The van der Waals surface area contributed by atoms with Gasteiger partial charge in [-0.2, -0.15) is 0 Å². The fourth-order valence-electron chi connectivity index (χ4n) is 4.99. The molecule has 2 aliphatic carbocycles. The molecule has 0 spiro atoms. The summed E-state index contributed by atoms with van der Waals surface area (Å²) in [5.74, 6) is 0.348. The molecule has 0 aromatic rings. The number of nitrogens with zero attached hydrogens (tertiary/aromatic N) is 2. The highest BCUT2D eigenvalue weighted by atomic mass is 16.5. The molecule has 144 valence electrons. The van der Waals surface area contributed by atoms with Crippen molar-refractivity contribution >= 4 is 5.91 Å². The second-order valence-corrected chi connectivity index (χ2v) is 8.34. The lowest BCUT2D eigenvalue weighted by Gasteiger charge is -2.37. The van der Waals surface area contributed by atoms with E-state index in [0.717, 1.165) is 32.5 Å². The maximum absolute atomic E-state index is 12.8. The van der Waals surface area contributed by atoms with Crippen molar-refractivity contribution in [2.75, 3.05) is 26.2 Å². The van der Waals surface area contributed by atoms with Crippen LogP contribution < -0.4 is 0 Å². The summed E-state index contributed by atoms with van der Waals surface area (Å²) in [7, 11) is 0. The smallest absolute Gasteiger partial charge is 0.236 e. The van der Waals surface area contributed by atoms with Gasteiger partial charge in [-0.3, -0.25) is 9.69 Å². The van der Waals surface area contributed by atoms with Crippen LogP contribution in [0.25, 0.3) is 0 Å². The molecule has 0 unspecified atom stereocenters. The number of amides is 1. The van der Waals surface area contributed by atoms with Gasteiger partial charge in [-0.15, -0.1) is 0 Å². The Morgan fingerprint density at radius 3 is 2.04 bits per heavy atom. The molecule has 25 heavy (non-hydrogen) atoms. The number of hydrogen-bond acceptors (Lipinski definition) is 3. The molecule has 0 bridgehead atoms. The van der Waals surface area contributed by atoms with Crippen LogP contribution >= 0.6 is 0 Å². The molecule has 3 aliphatic rings. The fraction of sp³-hybridized carbons (Fsp3) is 0.952. The van der Waals surface area contributed by atoms with Crippen LogP contribution in [0.4, 0.5) is 0 Å². The highest BCUT2D eigenvalue weighted by Gasteiger charge is 2.28. The van der Waals surface area contributed by atoms with E-state index in [1.54, 1.807) is 0 Å². The summed E-state index contributed by atoms with van der Waals surface area (Å²) in [6.45, 7) is 5.65. The Morgan fingerprint density at radius 1 is 0.880 bits per heavy atom. The van der Waals surface area contributed by atoms with Gasteiger partial charge in [-0.1, -0.05) is 38.5 Å². The van der Waals surface area contributed by atoms with Gasteiger partial charge in [0.15, 0.2) is 0 Å². The molecule has 2 saturated carbocycles. The minimum atomic E-state index is 0.348. The molecule has 1 heterocycles. The molecule has 3 rings (SSSR count). The maximum Gasteiger partial charge on any atom is 0.236 e. The van der Waals surface area contributed by atoms with Crippen LogP contribution in [0.2, 0.25) is 0 Å². The normalized spacial score (nSPS) is 25.2. The van der Waals surface area contributed by atoms with Crippen LogP contribution in [0.3, 0.4) is 0 Å². The lowest BCUT2D eigenvalue weighted by Crippen LogP contribution is -2.48. The zero-order valence-electron chi connectivity index (χ0n) is 16.3. The van der Waals surface area contributed by atoms with Crippen molar-refractivity contribution in [3.8, 4) is 0 Å². The molecule has 1 saturated heterocycles. The van der Waals surface area contributed by atoms with Crippen molar-refractivity contribution in [3.05, 3.63) is 0 Å². The molecule has 1 amide bonds. The van der Waals surface area contributed by atoms with E-state index < -0.39 is 0 Å². The van der Waals surface area contributed by atoms with E-state index in [9.17, 15) is 4.79 Å². The average molecular weight is 351 g/mol. The molecule has 4 heteroatoms. The molecule has 0 aromatic heterocycles. The number of likely N-dealkylation sites (N-methyl/N-ethyl adjacent to an activating group) is 1. The van der Waals surface area contributed by atoms with Gasteiger partial charge in [-0.25, -0.2) is 0 Å². The van der Waals surface area contributed by atoms with Crippen LogP contribution in [0.1, 0.15) is 84.0 Å². The predicted molar refractivity (Wildman–Crippen MR) is 102 cm³/mol. The van der Waals surface area contributed by atoms with E-state index >= 15 is 0 Å². The molecule has 0 radical (unpaired) electrons. The van der Waals surface area contributed by atoms with Crippen molar-refractivity contribution in [3.63, 3.8) is 0 Å². The van der Waals surface area contributed by atoms with Crippen molar-refractivity contribution in [2.24, 2.45) is 0 Å². The third-order valence-corrected chi connectivity index (χ3v) is 6.51. The van der Waals surface area contributed by atoms with E-state index in [-0.39, 0.29) is 0 Å². The Balaban J connectivity index is 1.39. The lowest BCUT2D eigenvalue weighted by atomic mass is 9.94. The highest BCUT2D eigenvalue weighted by Crippen LogP contribution is 2.25. The third kappa shape index (κ3) is 5.68. The van der Waals surface area contributed by atoms with E-state index in [1.165, 1.54) is 64.2 Å². The van der Waals surface area contributed by atoms with Crippen LogP contribution in [0.5, 0.6) is 0 Å². The summed E-state index contributed by atoms with van der Waals surface area (Å²) in [5, 5.41) is 0. The van der Waals surface area contributed by atoms with Gasteiger partial charge in [0.2, 0.25) is 5.91 Å². The third-order valence-electron chi connectivity index (χ3n) is 6.51. The second kappa shape index (κ2) is 9.91. The van der Waals surface area contributed by atoms with Gasteiger partial charge in [-0.05, 0) is 45.4 Å². The molecular formula is C21H38N2O2. The van der Waals surface area contributed by atoms with Gasteiger partial charge in [0.1, 0.15) is 0 Å². The lowest BCUT2D eigenvalue weighted by molar-refractivity contribution is -0.136. The number of ether oxygens (including phenoxy) is 1.